The normalized spacial score (nSPS) is 11.1. The van der Waals surface area contributed by atoms with Crippen molar-refractivity contribution < 1.29 is 75.7 Å². The van der Waals surface area contributed by atoms with Crippen LogP contribution in [0.1, 0.15) is 5.56 Å². The molecule has 4 rings (SSSR count). The molecule has 0 spiro atoms. The molecule has 150 valence electrons. The van der Waals surface area contributed by atoms with Gasteiger partial charge in [0.15, 0.2) is 23.0 Å². The zero-order chi connectivity index (χ0) is 18.1. The van der Waals surface area contributed by atoms with Gasteiger partial charge in [0.05, 0.1) is 18.3 Å². The van der Waals surface area contributed by atoms with Crippen molar-refractivity contribution in [2.45, 2.75) is 6.42 Å². The molecule has 0 amide bonds. The van der Waals surface area contributed by atoms with Crippen molar-refractivity contribution in [3.8, 4) is 23.0 Å². The average molecular weight is 510 g/mol. The number of aliphatic hydroxyl groups is 1. The van der Waals surface area contributed by atoms with E-state index < -0.39 is 0 Å². The number of aromatic hydroxyl groups is 1. The van der Waals surface area contributed by atoms with Crippen LogP contribution in [0.4, 0.5) is 11.5 Å². The molecule has 1 aromatic heterocycles. The molecule has 0 bridgehead atoms. The maximum Gasteiger partial charge on any atom is 0.231 e. The summed E-state index contributed by atoms with van der Waals surface area (Å²) in [6, 6.07) is 6.87. The predicted molar refractivity (Wildman–Crippen MR) is 101 cm³/mol. The molecule has 10 heteroatoms. The Bertz CT molecular complexity index is 990. The third-order valence-corrected chi connectivity index (χ3v) is 4.19. The van der Waals surface area contributed by atoms with E-state index in [4.69, 9.17) is 14.2 Å². The van der Waals surface area contributed by atoms with E-state index in [-0.39, 0.29) is 77.8 Å². The van der Waals surface area contributed by atoms with Crippen LogP contribution in [0, 0.1) is 7.43 Å². The second-order valence-corrected chi connectivity index (χ2v) is 5.70. The van der Waals surface area contributed by atoms with E-state index in [9.17, 15) is 10.2 Å². The van der Waals surface area contributed by atoms with Gasteiger partial charge in [0.1, 0.15) is 12.1 Å². The third-order valence-electron chi connectivity index (χ3n) is 4.19. The number of nitrogens with zero attached hydrogens (tertiary/aromatic N) is 2. The topological polar surface area (TPSA) is 106 Å². The van der Waals surface area contributed by atoms with Crippen molar-refractivity contribution in [2.24, 2.45) is 0 Å². The van der Waals surface area contributed by atoms with Crippen molar-refractivity contribution in [1.82, 2.24) is 9.97 Å². The fourth-order valence-corrected chi connectivity index (χ4v) is 2.93. The minimum absolute atomic E-state index is 0. The molecule has 0 saturated carbocycles. The summed E-state index contributed by atoms with van der Waals surface area (Å²) in [6.45, 7) is 0.131. The maximum absolute atomic E-state index is 10.1. The van der Waals surface area contributed by atoms with E-state index >= 15 is 0 Å². The zero-order valence-electron chi connectivity index (χ0n) is 16.0. The molecule has 0 fully saturated rings. The maximum atomic E-state index is 10.1. The van der Waals surface area contributed by atoms with Crippen molar-refractivity contribution in [3.05, 3.63) is 43.6 Å². The molecule has 8 nitrogen and oxygen atoms in total. The van der Waals surface area contributed by atoms with Crippen LogP contribution in [0.15, 0.2) is 30.6 Å². The first-order chi connectivity index (χ1) is 12.7. The van der Waals surface area contributed by atoms with Crippen molar-refractivity contribution >= 4 is 22.4 Å². The number of hydrogen-bond acceptors (Lipinski definition) is 8. The molecule has 1 aliphatic rings. The van der Waals surface area contributed by atoms with Crippen LogP contribution in [-0.4, -0.2) is 40.7 Å². The molecule has 0 saturated heterocycles. The fraction of sp³-hybridized carbons (Fsp3) is 0.211. The molecular weight excluding hydrogens is 490 g/mol. The van der Waals surface area contributed by atoms with Gasteiger partial charge in [-0.3, -0.25) is 0 Å². The van der Waals surface area contributed by atoms with Gasteiger partial charge in [-0.1, -0.05) is 6.07 Å². The minimum atomic E-state index is -0.00805. The Morgan fingerprint density at radius 3 is 2.72 bits per heavy atom. The number of aromatic nitrogens is 2. The van der Waals surface area contributed by atoms with Crippen LogP contribution in [0.5, 0.6) is 23.0 Å². The van der Waals surface area contributed by atoms with Gasteiger partial charge in [0, 0.05) is 69.3 Å². The summed E-state index contributed by atoms with van der Waals surface area (Å²) in [7, 11) is 1.48. The van der Waals surface area contributed by atoms with Gasteiger partial charge in [0.2, 0.25) is 6.79 Å². The molecule has 29 heavy (non-hydrogen) atoms. The summed E-state index contributed by atoms with van der Waals surface area (Å²) < 4.78 is 16.1. The van der Waals surface area contributed by atoms with Gasteiger partial charge in [0.25, 0.3) is 0 Å². The molecule has 0 atom stereocenters. The summed E-state index contributed by atoms with van der Waals surface area (Å²) >= 11 is 0. The van der Waals surface area contributed by atoms with Crippen molar-refractivity contribution in [1.29, 1.82) is 0 Å². The van der Waals surface area contributed by atoms with E-state index in [2.05, 4.69) is 15.3 Å². The second-order valence-electron chi connectivity index (χ2n) is 5.70. The number of methoxy groups -OCH3 is 1. The summed E-state index contributed by atoms with van der Waals surface area (Å²) in [5, 5.41) is 23.3. The fourth-order valence-electron chi connectivity index (χ4n) is 2.93. The van der Waals surface area contributed by atoms with Gasteiger partial charge in [-0.05, 0) is 24.1 Å². The van der Waals surface area contributed by atoms with Crippen LogP contribution < -0.4 is 19.5 Å². The van der Waals surface area contributed by atoms with E-state index in [0.29, 0.717) is 46.1 Å². The molecule has 3 N–H and O–H groups in total. The largest absolute Gasteiger partial charge is 0.504 e. The summed E-state index contributed by atoms with van der Waals surface area (Å²) in [5.41, 5.74) is 2.15. The number of fused-ring (bicyclic) bond motifs is 2. The minimum Gasteiger partial charge on any atom is -0.504 e. The SMILES string of the molecule is COc1cc2ncnc(Nc3c(CCO)ccc4c3OCO4)c2cc1O.[CH3-].[V].[Y]. The van der Waals surface area contributed by atoms with Gasteiger partial charge in [-0.2, -0.15) is 0 Å². The smallest absolute Gasteiger partial charge is 0.231 e. The summed E-state index contributed by atoms with van der Waals surface area (Å²) in [6.07, 6.45) is 1.87. The standard InChI is InChI=1S/C18H17N3O5.CH3.V.Y/c1-24-15-7-12-11(6-13(15)23)18(20-8-19-12)21-16-10(4-5-22)2-3-14-17(16)26-9-25-14;;;/h2-3,6-8,22-23H,4-5,9H2,1H3,(H,19,20,21);1H3;;/q;-1;;. The number of benzene rings is 2. The van der Waals surface area contributed by atoms with Gasteiger partial charge >= 0.3 is 0 Å². The Kier molecular flexibility index (Phi) is 9.65. The number of anilines is 2. The van der Waals surface area contributed by atoms with E-state index in [1.165, 1.54) is 13.4 Å². The van der Waals surface area contributed by atoms with Crippen molar-refractivity contribution in [2.75, 3.05) is 25.8 Å². The monoisotopic (exact) mass is 510 g/mol. The quantitative estimate of drug-likeness (QED) is 0.451. The molecule has 0 aliphatic carbocycles. The molecule has 2 radical (unpaired) electrons. The predicted octanol–water partition coefficient (Wildman–Crippen LogP) is 2.80. The Hall–Kier alpha value is -1.57. The number of phenols is 1. The Balaban J connectivity index is 0.00000140. The first kappa shape index (κ1) is 25.5. The van der Waals surface area contributed by atoms with Crippen LogP contribution in [0.25, 0.3) is 10.9 Å². The molecule has 3 aromatic rings. The number of aliphatic hydroxyl groups excluding tert-OH is 1. The molecular formula is C19H20N3O5VY-. The van der Waals surface area contributed by atoms with Gasteiger partial charge in [-0.15, -0.1) is 0 Å². The van der Waals surface area contributed by atoms with Crippen LogP contribution in [0.3, 0.4) is 0 Å². The van der Waals surface area contributed by atoms with Gasteiger partial charge in [-0.25, -0.2) is 9.97 Å². The molecule has 1 aliphatic heterocycles. The zero-order valence-corrected chi connectivity index (χ0v) is 20.3. The van der Waals surface area contributed by atoms with Gasteiger partial charge < -0.3 is 37.2 Å². The number of phenolic OH excluding ortho intramolecular Hbond substituents is 1. The first-order valence-corrected chi connectivity index (χ1v) is 8.02. The Morgan fingerprint density at radius 2 is 2.00 bits per heavy atom. The number of rotatable bonds is 5. The molecule has 2 heterocycles. The first-order valence-electron chi connectivity index (χ1n) is 8.02. The van der Waals surface area contributed by atoms with E-state index in [0.717, 1.165) is 5.56 Å². The Morgan fingerprint density at radius 1 is 1.21 bits per heavy atom. The number of nitrogens with one attached hydrogen (secondary N) is 1. The van der Waals surface area contributed by atoms with Crippen LogP contribution >= 0.6 is 0 Å². The van der Waals surface area contributed by atoms with E-state index in [1.54, 1.807) is 12.1 Å². The van der Waals surface area contributed by atoms with E-state index in [1.807, 2.05) is 12.1 Å². The third kappa shape index (κ3) is 4.95. The molecule has 0 unspecified atom stereocenters. The number of ether oxygens (including phenoxy) is 3. The average Bonchev–Trinajstić information content (AvgIpc) is 3.12. The number of hydrogen-bond donors (Lipinski definition) is 3. The van der Waals surface area contributed by atoms with Crippen LogP contribution in [0.2, 0.25) is 0 Å². The van der Waals surface area contributed by atoms with Crippen molar-refractivity contribution in [3.63, 3.8) is 0 Å². The summed E-state index contributed by atoms with van der Waals surface area (Å²) in [5.74, 6) is 2.01. The van der Waals surface area contributed by atoms with Crippen LogP contribution in [-0.2, 0) is 57.7 Å². The second kappa shape index (κ2) is 11.0. The molecule has 2 aromatic carbocycles. The summed E-state index contributed by atoms with van der Waals surface area (Å²) in [4.78, 5) is 8.52. The Labute approximate surface area is 205 Å².